The van der Waals surface area contributed by atoms with Crippen molar-refractivity contribution < 1.29 is 19.1 Å². The third-order valence-corrected chi connectivity index (χ3v) is 2.34. The Kier molecular flexibility index (Phi) is 4.75. The summed E-state index contributed by atoms with van der Waals surface area (Å²) in [6.07, 6.45) is 1.81. The monoisotopic (exact) mass is 239 g/mol. The summed E-state index contributed by atoms with van der Waals surface area (Å²) in [7, 11) is 0. The van der Waals surface area contributed by atoms with Gasteiger partial charge in [0.25, 0.3) is 0 Å². The van der Waals surface area contributed by atoms with Crippen LogP contribution >= 0.6 is 0 Å². The van der Waals surface area contributed by atoms with Crippen molar-refractivity contribution >= 4 is 11.9 Å². The van der Waals surface area contributed by atoms with Gasteiger partial charge in [-0.25, -0.2) is 9.59 Å². The van der Waals surface area contributed by atoms with E-state index < -0.39 is 11.9 Å². The zero-order valence-corrected chi connectivity index (χ0v) is 10.3. The van der Waals surface area contributed by atoms with Gasteiger partial charge in [0.2, 0.25) is 0 Å². The highest BCUT2D eigenvalue weighted by molar-refractivity contribution is 5.95. The van der Waals surface area contributed by atoms with Crippen LogP contribution < -0.4 is 5.32 Å². The van der Waals surface area contributed by atoms with Crippen LogP contribution in [-0.4, -0.2) is 25.2 Å². The predicted molar refractivity (Wildman–Crippen MR) is 61.8 cm³/mol. The van der Waals surface area contributed by atoms with Crippen LogP contribution in [0.2, 0.25) is 0 Å². The lowest BCUT2D eigenvalue weighted by Crippen LogP contribution is -2.23. The van der Waals surface area contributed by atoms with E-state index in [2.05, 4.69) is 5.32 Å². The Hall–Kier alpha value is -1.78. The van der Waals surface area contributed by atoms with Crippen molar-refractivity contribution in [2.75, 3.05) is 13.2 Å². The molecule has 0 unspecified atom stereocenters. The molecule has 0 saturated heterocycles. The summed E-state index contributed by atoms with van der Waals surface area (Å²) in [5.74, 6) is -0.804. The van der Waals surface area contributed by atoms with Crippen LogP contribution in [0.3, 0.4) is 0 Å². The van der Waals surface area contributed by atoms with Gasteiger partial charge in [-0.1, -0.05) is 0 Å². The number of hydrogen-bond acceptors (Lipinski definition) is 5. The van der Waals surface area contributed by atoms with Gasteiger partial charge in [-0.05, 0) is 20.8 Å². The van der Waals surface area contributed by atoms with Gasteiger partial charge in [-0.2, -0.15) is 0 Å². The molecule has 0 saturated carbocycles. The minimum absolute atomic E-state index is 0.247. The second-order valence-corrected chi connectivity index (χ2v) is 3.54. The van der Waals surface area contributed by atoms with Crippen LogP contribution in [-0.2, 0) is 19.1 Å². The molecule has 0 amide bonds. The molecule has 1 rings (SSSR count). The quantitative estimate of drug-likeness (QED) is 0.748. The second-order valence-electron chi connectivity index (χ2n) is 3.54. The van der Waals surface area contributed by atoms with Gasteiger partial charge in [-0.15, -0.1) is 0 Å². The van der Waals surface area contributed by atoms with Crippen LogP contribution in [0.4, 0.5) is 0 Å². The molecule has 94 valence electrons. The molecule has 0 bridgehead atoms. The van der Waals surface area contributed by atoms with Crippen LogP contribution in [0.1, 0.15) is 27.2 Å². The lowest BCUT2D eigenvalue weighted by Gasteiger charge is -2.18. The van der Waals surface area contributed by atoms with Gasteiger partial charge in [0.05, 0.1) is 24.4 Å². The average Bonchev–Trinajstić information content (AvgIpc) is 2.30. The van der Waals surface area contributed by atoms with E-state index >= 15 is 0 Å². The number of nitrogens with one attached hydrogen (secondary N) is 1. The van der Waals surface area contributed by atoms with E-state index in [0.717, 1.165) is 0 Å². The molecule has 0 radical (unpaired) electrons. The minimum Gasteiger partial charge on any atom is -0.463 e. The molecular weight excluding hydrogens is 222 g/mol. The van der Waals surface area contributed by atoms with Gasteiger partial charge in [0, 0.05) is 18.3 Å². The first-order valence-corrected chi connectivity index (χ1v) is 5.59. The first-order chi connectivity index (χ1) is 8.10. The molecule has 0 aliphatic carbocycles. The van der Waals surface area contributed by atoms with Crippen LogP contribution in [0.5, 0.6) is 0 Å². The Morgan fingerprint density at radius 1 is 1.24 bits per heavy atom. The van der Waals surface area contributed by atoms with Gasteiger partial charge < -0.3 is 14.8 Å². The number of carbonyl (C=O) groups is 2. The maximum absolute atomic E-state index is 11.6. The highest BCUT2D eigenvalue weighted by atomic mass is 16.5. The van der Waals surface area contributed by atoms with Crippen LogP contribution in [0, 0.1) is 0 Å². The predicted octanol–water partition coefficient (Wildman–Crippen LogP) is 1.26. The third-order valence-electron chi connectivity index (χ3n) is 2.34. The first kappa shape index (κ1) is 13.3. The molecule has 0 spiro atoms. The van der Waals surface area contributed by atoms with Gasteiger partial charge in [-0.3, -0.25) is 0 Å². The summed E-state index contributed by atoms with van der Waals surface area (Å²) in [5.41, 5.74) is 1.61. The molecule has 1 N–H and O–H groups in total. The van der Waals surface area contributed by atoms with E-state index in [-0.39, 0.29) is 6.42 Å². The number of esters is 2. The smallest absolute Gasteiger partial charge is 0.336 e. The van der Waals surface area contributed by atoms with Crippen LogP contribution in [0.25, 0.3) is 0 Å². The SMILES string of the molecule is CCOC(=O)C1=CNC(C)=C(C(=O)OCC)C1. The topological polar surface area (TPSA) is 64.6 Å². The highest BCUT2D eigenvalue weighted by Gasteiger charge is 2.23. The molecule has 1 aliphatic rings. The Labute approximate surface area is 100 Å². The molecule has 5 nitrogen and oxygen atoms in total. The Morgan fingerprint density at radius 3 is 2.41 bits per heavy atom. The maximum atomic E-state index is 11.6. The van der Waals surface area contributed by atoms with Crippen molar-refractivity contribution in [3.8, 4) is 0 Å². The Bertz CT molecular complexity index is 382. The van der Waals surface area contributed by atoms with Gasteiger partial charge >= 0.3 is 11.9 Å². The standard InChI is InChI=1S/C12H17NO4/c1-4-16-11(14)9-6-10(8(3)13-7-9)12(15)17-5-2/h7,13H,4-6H2,1-3H3. The molecule has 1 aliphatic heterocycles. The average molecular weight is 239 g/mol. The van der Waals surface area contributed by atoms with Crippen molar-refractivity contribution in [2.45, 2.75) is 27.2 Å². The number of hydrogen-bond donors (Lipinski definition) is 1. The normalized spacial score (nSPS) is 14.9. The minimum atomic E-state index is -0.408. The number of dihydropyridines is 1. The molecule has 0 fully saturated rings. The van der Waals surface area contributed by atoms with E-state index in [1.54, 1.807) is 27.0 Å². The van der Waals surface area contributed by atoms with E-state index in [4.69, 9.17) is 9.47 Å². The highest BCUT2D eigenvalue weighted by Crippen LogP contribution is 2.20. The van der Waals surface area contributed by atoms with Gasteiger partial charge in [0.1, 0.15) is 0 Å². The Balaban J connectivity index is 2.74. The third kappa shape index (κ3) is 3.34. The second kappa shape index (κ2) is 6.08. The number of ether oxygens (including phenoxy) is 2. The number of carbonyl (C=O) groups excluding carboxylic acids is 2. The molecule has 17 heavy (non-hydrogen) atoms. The van der Waals surface area contributed by atoms with Gasteiger partial charge in [0.15, 0.2) is 0 Å². The summed E-state index contributed by atoms with van der Waals surface area (Å²) in [4.78, 5) is 23.2. The summed E-state index contributed by atoms with van der Waals surface area (Å²) in [6.45, 7) is 5.88. The molecule has 1 heterocycles. The zero-order valence-electron chi connectivity index (χ0n) is 10.3. The first-order valence-electron chi connectivity index (χ1n) is 5.59. The van der Waals surface area contributed by atoms with E-state index in [1.165, 1.54) is 0 Å². The summed E-state index contributed by atoms with van der Waals surface area (Å²) >= 11 is 0. The van der Waals surface area contributed by atoms with Crippen LogP contribution in [0.15, 0.2) is 23.0 Å². The number of rotatable bonds is 4. The Morgan fingerprint density at radius 2 is 1.82 bits per heavy atom. The molecule has 0 aromatic rings. The lowest BCUT2D eigenvalue weighted by molar-refractivity contribution is -0.139. The summed E-state index contributed by atoms with van der Waals surface area (Å²) < 4.78 is 9.81. The van der Waals surface area contributed by atoms with Crippen molar-refractivity contribution in [3.63, 3.8) is 0 Å². The maximum Gasteiger partial charge on any atom is 0.336 e. The molecule has 0 atom stereocenters. The fourth-order valence-electron chi connectivity index (χ4n) is 1.45. The number of allylic oxidation sites excluding steroid dienone is 1. The summed E-state index contributed by atoms with van der Waals surface area (Å²) in [6, 6.07) is 0. The van der Waals surface area contributed by atoms with Crippen molar-refractivity contribution in [3.05, 3.63) is 23.0 Å². The molecule has 0 aromatic carbocycles. The zero-order chi connectivity index (χ0) is 12.8. The van der Waals surface area contributed by atoms with E-state index in [0.29, 0.717) is 30.1 Å². The molecular formula is C12H17NO4. The van der Waals surface area contributed by atoms with Crippen molar-refractivity contribution in [1.82, 2.24) is 5.32 Å². The summed E-state index contributed by atoms with van der Waals surface area (Å²) in [5, 5.41) is 2.88. The van der Waals surface area contributed by atoms with E-state index in [1.807, 2.05) is 0 Å². The van der Waals surface area contributed by atoms with Crippen molar-refractivity contribution in [1.29, 1.82) is 0 Å². The lowest BCUT2D eigenvalue weighted by atomic mass is 10.0. The van der Waals surface area contributed by atoms with Crippen molar-refractivity contribution in [2.24, 2.45) is 0 Å². The largest absolute Gasteiger partial charge is 0.463 e. The molecule has 5 heteroatoms. The fraction of sp³-hybridized carbons (Fsp3) is 0.500. The molecule has 0 aromatic heterocycles. The van der Waals surface area contributed by atoms with E-state index in [9.17, 15) is 9.59 Å². The fourth-order valence-corrected chi connectivity index (χ4v) is 1.45.